The van der Waals surface area contributed by atoms with E-state index in [-0.39, 0.29) is 35.2 Å². The molecule has 11 nitrogen and oxygen atoms in total. The van der Waals surface area contributed by atoms with Crippen molar-refractivity contribution in [2.75, 3.05) is 30.9 Å². The first kappa shape index (κ1) is 33.8. The number of aromatic nitrogens is 1. The first-order valence-corrected chi connectivity index (χ1v) is 14.4. The standard InChI is InChI=1S/C30H27F4N5O6S/c1-4-44-30(41)38(16-19-21(31)7-5-8-22(19)32)28-25(27(40)36-23-9-6-10-24(35-23)45-29(33)34)20(15-37(2)3)26(46-28)17-11-13-18(14-12-17)39(42)43/h5-14,29H,4,15-16H2,1-3H3,(H,35,36,40). The Morgan fingerprint density at radius 1 is 1.00 bits per heavy atom. The zero-order valence-electron chi connectivity index (χ0n) is 24.6. The van der Waals surface area contributed by atoms with Gasteiger partial charge in [0.2, 0.25) is 5.88 Å². The Morgan fingerprint density at radius 2 is 1.65 bits per heavy atom. The number of anilines is 2. The Morgan fingerprint density at radius 3 is 2.24 bits per heavy atom. The van der Waals surface area contributed by atoms with Gasteiger partial charge in [-0.1, -0.05) is 12.1 Å². The number of nitro benzene ring substituents is 1. The van der Waals surface area contributed by atoms with Crippen molar-refractivity contribution in [1.29, 1.82) is 0 Å². The molecule has 0 aliphatic heterocycles. The van der Waals surface area contributed by atoms with Gasteiger partial charge >= 0.3 is 12.7 Å². The van der Waals surface area contributed by atoms with Crippen molar-refractivity contribution in [3.63, 3.8) is 0 Å². The number of carbonyl (C=O) groups is 2. The van der Waals surface area contributed by atoms with E-state index in [1.54, 1.807) is 19.0 Å². The van der Waals surface area contributed by atoms with Gasteiger partial charge in [0, 0.05) is 35.2 Å². The first-order chi connectivity index (χ1) is 21.9. The summed E-state index contributed by atoms with van der Waals surface area (Å²) in [6.45, 7) is -2.33. The molecule has 0 atom stereocenters. The molecule has 242 valence electrons. The van der Waals surface area contributed by atoms with Crippen molar-refractivity contribution in [2.24, 2.45) is 0 Å². The van der Waals surface area contributed by atoms with Crippen LogP contribution in [0.2, 0.25) is 0 Å². The molecule has 2 heterocycles. The third kappa shape index (κ3) is 7.94. The maximum Gasteiger partial charge on any atom is 0.415 e. The molecule has 0 saturated carbocycles. The number of benzene rings is 2. The summed E-state index contributed by atoms with van der Waals surface area (Å²) in [5.74, 6) is -3.37. The molecule has 4 aromatic rings. The molecule has 16 heteroatoms. The number of carbonyl (C=O) groups excluding carboxylic acids is 2. The maximum absolute atomic E-state index is 14.8. The van der Waals surface area contributed by atoms with Gasteiger partial charge in [0.05, 0.1) is 23.6 Å². The van der Waals surface area contributed by atoms with Crippen LogP contribution < -0.4 is 15.0 Å². The average Bonchev–Trinajstić information content (AvgIpc) is 3.35. The smallest absolute Gasteiger partial charge is 0.415 e. The van der Waals surface area contributed by atoms with Gasteiger partial charge in [-0.2, -0.15) is 13.8 Å². The van der Waals surface area contributed by atoms with Crippen LogP contribution >= 0.6 is 11.3 Å². The fraction of sp³-hybridized carbons (Fsp3) is 0.233. The number of nitrogens with zero attached hydrogens (tertiary/aromatic N) is 4. The molecule has 4 rings (SSSR count). The molecule has 0 radical (unpaired) electrons. The highest BCUT2D eigenvalue weighted by atomic mass is 32.1. The Kier molecular flexibility index (Phi) is 10.9. The van der Waals surface area contributed by atoms with Gasteiger partial charge in [0.15, 0.2) is 0 Å². The van der Waals surface area contributed by atoms with Crippen molar-refractivity contribution >= 4 is 39.8 Å². The van der Waals surface area contributed by atoms with E-state index in [0.717, 1.165) is 40.5 Å². The number of halogens is 4. The highest BCUT2D eigenvalue weighted by Gasteiger charge is 2.33. The normalized spacial score (nSPS) is 11.1. The molecular weight excluding hydrogens is 634 g/mol. The minimum atomic E-state index is -3.17. The van der Waals surface area contributed by atoms with Crippen LogP contribution in [-0.4, -0.2) is 54.1 Å². The molecule has 0 spiro atoms. The number of amides is 2. The van der Waals surface area contributed by atoms with E-state index in [2.05, 4.69) is 15.0 Å². The summed E-state index contributed by atoms with van der Waals surface area (Å²) < 4.78 is 64.9. The lowest BCUT2D eigenvalue weighted by Crippen LogP contribution is -2.33. The molecule has 1 N–H and O–H groups in total. The zero-order chi connectivity index (χ0) is 33.5. The summed E-state index contributed by atoms with van der Waals surface area (Å²) in [6.07, 6.45) is -1.02. The number of nitro groups is 1. The lowest BCUT2D eigenvalue weighted by molar-refractivity contribution is -0.384. The van der Waals surface area contributed by atoms with Crippen LogP contribution in [-0.2, 0) is 17.8 Å². The van der Waals surface area contributed by atoms with Crippen LogP contribution in [0.15, 0.2) is 60.7 Å². The minimum Gasteiger partial charge on any atom is -0.449 e. The van der Waals surface area contributed by atoms with Gasteiger partial charge in [0.25, 0.3) is 11.6 Å². The van der Waals surface area contributed by atoms with E-state index in [1.807, 2.05) is 0 Å². The molecule has 46 heavy (non-hydrogen) atoms. The van der Waals surface area contributed by atoms with Crippen LogP contribution in [0.5, 0.6) is 5.88 Å². The van der Waals surface area contributed by atoms with Gasteiger partial charge in [-0.25, -0.2) is 13.6 Å². The lowest BCUT2D eigenvalue weighted by atomic mass is 10.0. The van der Waals surface area contributed by atoms with Gasteiger partial charge < -0.3 is 19.7 Å². The van der Waals surface area contributed by atoms with Gasteiger partial charge in [-0.15, -0.1) is 11.3 Å². The fourth-order valence-electron chi connectivity index (χ4n) is 4.39. The molecular formula is C30H27F4N5O6S. The summed E-state index contributed by atoms with van der Waals surface area (Å²) in [5, 5.41) is 13.8. The summed E-state index contributed by atoms with van der Waals surface area (Å²) in [5.41, 5.74) is 0.0187. The minimum absolute atomic E-state index is 0.0659. The maximum atomic E-state index is 14.8. The number of hydrogen-bond acceptors (Lipinski definition) is 9. The van der Waals surface area contributed by atoms with Crippen molar-refractivity contribution in [3.05, 3.63) is 99.1 Å². The lowest BCUT2D eigenvalue weighted by Gasteiger charge is -2.23. The SMILES string of the molecule is CCOC(=O)N(Cc1c(F)cccc1F)c1sc(-c2ccc([N+](=O)[O-])cc2)c(CN(C)C)c1C(=O)Nc1cccc(OC(F)F)n1. The molecule has 0 fully saturated rings. The highest BCUT2D eigenvalue weighted by molar-refractivity contribution is 7.20. The number of ether oxygens (including phenoxy) is 2. The van der Waals surface area contributed by atoms with Crippen LogP contribution in [0.1, 0.15) is 28.4 Å². The van der Waals surface area contributed by atoms with Crippen molar-refractivity contribution in [1.82, 2.24) is 9.88 Å². The summed E-state index contributed by atoms with van der Waals surface area (Å²) in [7, 11) is 3.42. The summed E-state index contributed by atoms with van der Waals surface area (Å²) in [4.78, 5) is 45.1. The molecule has 2 amide bonds. The largest absolute Gasteiger partial charge is 0.449 e. The second-order valence-electron chi connectivity index (χ2n) is 9.81. The van der Waals surface area contributed by atoms with Crippen LogP contribution in [0.3, 0.4) is 0 Å². The van der Waals surface area contributed by atoms with Gasteiger partial charge in [-0.3, -0.25) is 19.8 Å². The predicted octanol–water partition coefficient (Wildman–Crippen LogP) is 7.07. The number of pyridine rings is 1. The number of alkyl halides is 2. The Hall–Kier alpha value is -5.09. The average molecular weight is 662 g/mol. The monoisotopic (exact) mass is 661 g/mol. The number of thiophene rings is 1. The third-order valence-corrected chi connectivity index (χ3v) is 7.62. The Balaban J connectivity index is 1.95. The molecule has 0 aliphatic carbocycles. The first-order valence-electron chi connectivity index (χ1n) is 13.5. The molecule has 2 aromatic carbocycles. The van der Waals surface area contributed by atoms with E-state index in [9.17, 15) is 37.3 Å². The van der Waals surface area contributed by atoms with Gasteiger partial charge in [-0.05, 0) is 62.5 Å². The molecule has 0 saturated heterocycles. The highest BCUT2D eigenvalue weighted by Crippen LogP contribution is 2.44. The van der Waals surface area contributed by atoms with Crippen LogP contribution in [0.4, 0.5) is 38.9 Å². The van der Waals surface area contributed by atoms with Crippen molar-refractivity contribution in [3.8, 4) is 16.3 Å². The number of hydrogen-bond donors (Lipinski definition) is 1. The van der Waals surface area contributed by atoms with E-state index < -0.39 is 53.2 Å². The summed E-state index contributed by atoms with van der Waals surface area (Å²) >= 11 is 0.918. The second-order valence-corrected chi connectivity index (χ2v) is 10.8. The molecule has 2 aromatic heterocycles. The third-order valence-electron chi connectivity index (χ3n) is 6.32. The van der Waals surface area contributed by atoms with Crippen molar-refractivity contribution < 1.29 is 41.5 Å². The Labute approximate surface area is 264 Å². The summed E-state index contributed by atoms with van der Waals surface area (Å²) in [6, 6.07) is 12.5. The Bertz CT molecular complexity index is 1720. The quantitative estimate of drug-likeness (QED) is 0.0970. The van der Waals surface area contributed by atoms with Gasteiger partial charge in [0.1, 0.15) is 22.5 Å². The van der Waals surface area contributed by atoms with Crippen molar-refractivity contribution in [2.45, 2.75) is 26.6 Å². The number of rotatable bonds is 12. The van der Waals surface area contributed by atoms with E-state index in [4.69, 9.17) is 4.74 Å². The molecule has 0 aliphatic rings. The van der Waals surface area contributed by atoms with E-state index >= 15 is 0 Å². The van der Waals surface area contributed by atoms with Crippen LogP contribution in [0.25, 0.3) is 10.4 Å². The number of non-ortho nitro benzene ring substituents is 1. The van der Waals surface area contributed by atoms with Crippen LogP contribution in [0, 0.1) is 21.7 Å². The van der Waals surface area contributed by atoms with E-state index in [0.29, 0.717) is 16.0 Å². The van der Waals surface area contributed by atoms with E-state index in [1.165, 1.54) is 43.3 Å². The fourth-order valence-corrected chi connectivity index (χ4v) is 5.70. The second kappa shape index (κ2) is 14.8. The molecule has 0 bridgehead atoms. The molecule has 0 unspecified atom stereocenters. The topological polar surface area (TPSA) is 127 Å². The zero-order valence-corrected chi connectivity index (χ0v) is 25.4. The predicted molar refractivity (Wildman–Crippen MR) is 162 cm³/mol. The number of nitrogens with one attached hydrogen (secondary N) is 1.